The summed E-state index contributed by atoms with van der Waals surface area (Å²) in [6, 6.07) is 11.1. The first-order chi connectivity index (χ1) is 12.2. The SMILES string of the molecule is CN=C(NCCNC(=O)c1ccco1)NCCSc1ccc(Cl)cc1. The van der Waals surface area contributed by atoms with E-state index in [9.17, 15) is 4.79 Å². The number of hydrogen-bond donors (Lipinski definition) is 3. The van der Waals surface area contributed by atoms with Gasteiger partial charge in [0.25, 0.3) is 5.91 Å². The predicted molar refractivity (Wildman–Crippen MR) is 103 cm³/mol. The summed E-state index contributed by atoms with van der Waals surface area (Å²) in [6.45, 7) is 1.81. The van der Waals surface area contributed by atoms with E-state index in [1.807, 2.05) is 24.3 Å². The normalized spacial score (nSPS) is 11.2. The highest BCUT2D eigenvalue weighted by atomic mass is 35.5. The highest BCUT2D eigenvalue weighted by molar-refractivity contribution is 7.99. The van der Waals surface area contributed by atoms with E-state index in [1.54, 1.807) is 30.9 Å². The van der Waals surface area contributed by atoms with Crippen molar-refractivity contribution < 1.29 is 9.21 Å². The number of halogens is 1. The van der Waals surface area contributed by atoms with Gasteiger partial charge in [0, 0.05) is 42.4 Å². The van der Waals surface area contributed by atoms with Gasteiger partial charge in [0.05, 0.1) is 6.26 Å². The summed E-state index contributed by atoms with van der Waals surface area (Å²) < 4.78 is 5.02. The molecule has 0 saturated carbocycles. The van der Waals surface area contributed by atoms with Crippen LogP contribution in [0.15, 0.2) is 57.0 Å². The molecule has 1 aromatic carbocycles. The molecule has 25 heavy (non-hydrogen) atoms. The standard InChI is InChI=1S/C17H21ClN4O2S/c1-19-17(21-9-8-20-16(23)15-3-2-11-24-15)22-10-12-25-14-6-4-13(18)5-7-14/h2-7,11H,8-10,12H2,1H3,(H,20,23)(H2,19,21,22). The number of rotatable bonds is 8. The van der Waals surface area contributed by atoms with Crippen molar-refractivity contribution in [2.75, 3.05) is 32.4 Å². The van der Waals surface area contributed by atoms with Crippen LogP contribution in [0.2, 0.25) is 5.02 Å². The quantitative estimate of drug-likeness (QED) is 0.284. The second kappa shape index (κ2) is 10.7. The molecule has 2 aromatic rings. The molecule has 1 amide bonds. The number of aliphatic imine (C=N–C) groups is 1. The van der Waals surface area contributed by atoms with Crippen LogP contribution >= 0.6 is 23.4 Å². The van der Waals surface area contributed by atoms with Crippen molar-refractivity contribution in [3.05, 3.63) is 53.4 Å². The molecule has 0 fully saturated rings. The largest absolute Gasteiger partial charge is 0.459 e. The number of hydrogen-bond acceptors (Lipinski definition) is 4. The number of nitrogens with zero attached hydrogens (tertiary/aromatic N) is 1. The molecule has 3 N–H and O–H groups in total. The highest BCUT2D eigenvalue weighted by Gasteiger charge is 2.06. The van der Waals surface area contributed by atoms with Crippen LogP contribution in [0.3, 0.4) is 0 Å². The molecule has 6 nitrogen and oxygen atoms in total. The maximum Gasteiger partial charge on any atom is 0.287 e. The van der Waals surface area contributed by atoms with Crippen LogP contribution in [-0.4, -0.2) is 44.3 Å². The minimum Gasteiger partial charge on any atom is -0.459 e. The maximum atomic E-state index is 11.7. The number of guanidine groups is 1. The fraction of sp³-hybridized carbons (Fsp3) is 0.294. The van der Waals surface area contributed by atoms with Gasteiger partial charge >= 0.3 is 0 Å². The Balaban J connectivity index is 1.57. The second-order valence-corrected chi connectivity index (χ2v) is 6.57. The topological polar surface area (TPSA) is 78.7 Å². The molecule has 0 unspecified atom stereocenters. The average molecular weight is 381 g/mol. The molecule has 1 aromatic heterocycles. The molecule has 2 rings (SSSR count). The first-order valence-corrected chi connectivity index (χ1v) is 9.20. The highest BCUT2D eigenvalue weighted by Crippen LogP contribution is 2.19. The minimum atomic E-state index is -0.228. The van der Waals surface area contributed by atoms with Crippen LogP contribution in [0, 0.1) is 0 Å². The zero-order valence-corrected chi connectivity index (χ0v) is 15.5. The smallest absolute Gasteiger partial charge is 0.287 e. The predicted octanol–water partition coefficient (Wildman–Crippen LogP) is 2.62. The molecule has 0 aliphatic carbocycles. The molecule has 134 valence electrons. The number of thioether (sulfide) groups is 1. The second-order valence-electron chi connectivity index (χ2n) is 4.96. The monoisotopic (exact) mass is 380 g/mol. The van der Waals surface area contributed by atoms with Gasteiger partial charge in [-0.1, -0.05) is 11.6 Å². The average Bonchev–Trinajstić information content (AvgIpc) is 3.16. The third-order valence-corrected chi connectivity index (χ3v) is 4.41. The van der Waals surface area contributed by atoms with Gasteiger partial charge in [0.2, 0.25) is 0 Å². The molecule has 0 radical (unpaired) electrons. The molecular formula is C17H21ClN4O2S. The van der Waals surface area contributed by atoms with Crippen LogP contribution in [-0.2, 0) is 0 Å². The molecule has 0 aliphatic heterocycles. The lowest BCUT2D eigenvalue weighted by molar-refractivity contribution is 0.0926. The third kappa shape index (κ3) is 7.11. The zero-order chi connectivity index (χ0) is 17.9. The van der Waals surface area contributed by atoms with Crippen molar-refractivity contribution >= 4 is 35.2 Å². The lowest BCUT2D eigenvalue weighted by atomic mass is 10.4. The molecule has 8 heteroatoms. The van der Waals surface area contributed by atoms with Crippen molar-refractivity contribution in [2.24, 2.45) is 4.99 Å². The van der Waals surface area contributed by atoms with Gasteiger partial charge in [-0.15, -0.1) is 11.8 Å². The van der Waals surface area contributed by atoms with E-state index < -0.39 is 0 Å². The van der Waals surface area contributed by atoms with E-state index in [-0.39, 0.29) is 5.91 Å². The van der Waals surface area contributed by atoms with Crippen LogP contribution in [0.1, 0.15) is 10.6 Å². The van der Waals surface area contributed by atoms with Crippen molar-refractivity contribution in [2.45, 2.75) is 4.90 Å². The molecule has 0 atom stereocenters. The molecular weight excluding hydrogens is 360 g/mol. The summed E-state index contributed by atoms with van der Waals surface area (Å²) in [6.07, 6.45) is 1.47. The molecule has 0 saturated heterocycles. The fourth-order valence-electron chi connectivity index (χ4n) is 1.94. The number of carbonyl (C=O) groups excluding carboxylic acids is 1. The van der Waals surface area contributed by atoms with E-state index >= 15 is 0 Å². The molecule has 1 heterocycles. The Morgan fingerprint density at radius 3 is 2.52 bits per heavy atom. The Morgan fingerprint density at radius 1 is 1.12 bits per heavy atom. The van der Waals surface area contributed by atoms with Gasteiger partial charge in [-0.2, -0.15) is 0 Å². The van der Waals surface area contributed by atoms with E-state index in [4.69, 9.17) is 16.0 Å². The van der Waals surface area contributed by atoms with Crippen molar-refractivity contribution in [1.29, 1.82) is 0 Å². The van der Waals surface area contributed by atoms with E-state index in [0.29, 0.717) is 24.8 Å². The fourth-order valence-corrected chi connectivity index (χ4v) is 2.84. The van der Waals surface area contributed by atoms with Crippen molar-refractivity contribution in [3.63, 3.8) is 0 Å². The van der Waals surface area contributed by atoms with Crippen LogP contribution < -0.4 is 16.0 Å². The van der Waals surface area contributed by atoms with Gasteiger partial charge < -0.3 is 20.4 Å². The van der Waals surface area contributed by atoms with Crippen molar-refractivity contribution in [1.82, 2.24) is 16.0 Å². The van der Waals surface area contributed by atoms with Crippen molar-refractivity contribution in [3.8, 4) is 0 Å². The van der Waals surface area contributed by atoms with Gasteiger partial charge in [0.1, 0.15) is 0 Å². The lowest BCUT2D eigenvalue weighted by Gasteiger charge is -2.12. The number of furan rings is 1. The molecule has 0 bridgehead atoms. The Labute approximate surface area is 156 Å². The summed E-state index contributed by atoms with van der Waals surface area (Å²) in [7, 11) is 1.71. The number of carbonyl (C=O) groups is 1. The van der Waals surface area contributed by atoms with Gasteiger partial charge in [0.15, 0.2) is 11.7 Å². The van der Waals surface area contributed by atoms with Crippen LogP contribution in [0.4, 0.5) is 0 Å². The summed E-state index contributed by atoms with van der Waals surface area (Å²) in [5.41, 5.74) is 0. The first kappa shape index (κ1) is 19.2. The number of benzene rings is 1. The van der Waals surface area contributed by atoms with Crippen LogP contribution in [0.5, 0.6) is 0 Å². The Kier molecular flexibility index (Phi) is 8.21. The Morgan fingerprint density at radius 2 is 1.84 bits per heavy atom. The Hall–Kier alpha value is -2.12. The lowest BCUT2D eigenvalue weighted by Crippen LogP contribution is -2.42. The summed E-state index contributed by atoms with van der Waals surface area (Å²) >= 11 is 7.61. The van der Waals surface area contributed by atoms with Crippen LogP contribution in [0.25, 0.3) is 0 Å². The molecule has 0 aliphatic rings. The van der Waals surface area contributed by atoms with E-state index in [1.165, 1.54) is 11.2 Å². The zero-order valence-electron chi connectivity index (χ0n) is 13.9. The Bertz CT molecular complexity index is 674. The summed E-state index contributed by atoms with van der Waals surface area (Å²) in [4.78, 5) is 17.0. The first-order valence-electron chi connectivity index (χ1n) is 7.83. The maximum absolute atomic E-state index is 11.7. The summed E-state index contributed by atoms with van der Waals surface area (Å²) in [5.74, 6) is 1.68. The minimum absolute atomic E-state index is 0.228. The third-order valence-electron chi connectivity index (χ3n) is 3.15. The molecule has 0 spiro atoms. The van der Waals surface area contributed by atoms with Gasteiger partial charge in [-0.25, -0.2) is 0 Å². The number of nitrogens with one attached hydrogen (secondary N) is 3. The van der Waals surface area contributed by atoms with E-state index in [0.717, 1.165) is 17.3 Å². The number of amides is 1. The van der Waals surface area contributed by atoms with Gasteiger partial charge in [-0.3, -0.25) is 9.79 Å². The summed E-state index contributed by atoms with van der Waals surface area (Å²) in [5, 5.41) is 9.88. The van der Waals surface area contributed by atoms with E-state index in [2.05, 4.69) is 20.9 Å². The van der Waals surface area contributed by atoms with Gasteiger partial charge in [-0.05, 0) is 36.4 Å².